The number of fused-ring (bicyclic) bond motifs is 6. The van der Waals surface area contributed by atoms with E-state index in [1.165, 1.54) is 202 Å². The first kappa shape index (κ1) is 50.3. The van der Waals surface area contributed by atoms with Crippen LogP contribution in [0, 0.1) is 17.8 Å². The van der Waals surface area contributed by atoms with Crippen LogP contribution in [0.15, 0.2) is 121 Å². The summed E-state index contributed by atoms with van der Waals surface area (Å²) >= 11 is 0. The Kier molecular flexibility index (Phi) is 14.7. The molecule has 6 aromatic carbocycles. The normalized spacial score (nSPS) is 20.6. The predicted octanol–water partition coefficient (Wildman–Crippen LogP) is 21.8. The second kappa shape index (κ2) is 21.4. The molecule has 3 saturated carbocycles. The van der Waals surface area contributed by atoms with Crippen LogP contribution in [0.25, 0.3) is 33.4 Å². The van der Waals surface area contributed by atoms with Crippen molar-refractivity contribution in [1.82, 2.24) is 0 Å². The van der Waals surface area contributed by atoms with E-state index in [1.54, 1.807) is 22.3 Å². The summed E-state index contributed by atoms with van der Waals surface area (Å²) in [5, 5.41) is 0. The zero-order chi connectivity index (χ0) is 50.3. The maximum Gasteiger partial charge on any atom is 0.0543 e. The lowest BCUT2D eigenvalue weighted by molar-refractivity contribution is 0.327. The standard InChI is InChI=1S/C72H89N/c1-49(52-28-17-11-8-12-18-29-52)56-46-62(50(2)53-30-19-13-9-14-20-31-53)69(63(47-56)51(3)54-32-21-15-10-16-22-33-54)55-40-42-57(43-41-55)73(58-44-45-60-59-34-23-25-36-64(59)72(6,7)67(60)48-58)68-39-27-38-66-70(68)61-35-24-26-37-65(61)71(66,4)5/h23-27,34-54H,8-22,28-33H2,1-7H3. The molecule has 6 aromatic rings. The minimum Gasteiger partial charge on any atom is -0.310 e. The Morgan fingerprint density at radius 3 is 1.34 bits per heavy atom. The van der Waals surface area contributed by atoms with Crippen molar-refractivity contribution in [2.75, 3.05) is 4.90 Å². The van der Waals surface area contributed by atoms with Crippen LogP contribution >= 0.6 is 0 Å². The quantitative estimate of drug-likeness (QED) is 0.132. The minimum atomic E-state index is -0.100. The van der Waals surface area contributed by atoms with Crippen molar-refractivity contribution in [2.45, 2.75) is 212 Å². The summed E-state index contributed by atoms with van der Waals surface area (Å²) in [4.78, 5) is 2.62. The number of benzene rings is 6. The summed E-state index contributed by atoms with van der Waals surface area (Å²) in [6.07, 6.45) is 29.3. The van der Waals surface area contributed by atoms with E-state index in [0.717, 1.165) is 17.8 Å². The van der Waals surface area contributed by atoms with Gasteiger partial charge in [-0.3, -0.25) is 0 Å². The van der Waals surface area contributed by atoms with Gasteiger partial charge < -0.3 is 4.90 Å². The molecule has 0 N–H and O–H groups in total. The van der Waals surface area contributed by atoms with Gasteiger partial charge in [0.05, 0.1) is 5.69 Å². The lowest BCUT2D eigenvalue weighted by atomic mass is 9.70. The topological polar surface area (TPSA) is 3.24 Å². The van der Waals surface area contributed by atoms with Gasteiger partial charge in [0.25, 0.3) is 0 Å². The van der Waals surface area contributed by atoms with Gasteiger partial charge in [-0.25, -0.2) is 0 Å². The van der Waals surface area contributed by atoms with E-state index in [-0.39, 0.29) is 10.8 Å². The molecule has 0 bridgehead atoms. The Morgan fingerprint density at radius 2 is 0.795 bits per heavy atom. The predicted molar refractivity (Wildman–Crippen MR) is 314 cm³/mol. The number of hydrogen-bond acceptors (Lipinski definition) is 1. The Bertz CT molecular complexity index is 2800. The third-order valence-corrected chi connectivity index (χ3v) is 20.4. The molecule has 0 spiro atoms. The van der Waals surface area contributed by atoms with Crippen molar-refractivity contribution in [3.8, 4) is 33.4 Å². The Hall–Kier alpha value is -4.88. The van der Waals surface area contributed by atoms with Crippen LogP contribution in [0.5, 0.6) is 0 Å². The van der Waals surface area contributed by atoms with E-state index in [1.807, 2.05) is 0 Å². The second-order valence-corrected chi connectivity index (χ2v) is 25.4. The summed E-state index contributed by atoms with van der Waals surface area (Å²) < 4.78 is 0. The van der Waals surface area contributed by atoms with Crippen molar-refractivity contribution in [3.63, 3.8) is 0 Å². The number of anilines is 3. The van der Waals surface area contributed by atoms with E-state index in [2.05, 4.69) is 175 Å². The van der Waals surface area contributed by atoms with Crippen LogP contribution in [0.2, 0.25) is 0 Å². The summed E-state index contributed by atoms with van der Waals surface area (Å²) in [6.45, 7) is 17.7. The Morgan fingerprint density at radius 1 is 0.370 bits per heavy atom. The van der Waals surface area contributed by atoms with Crippen molar-refractivity contribution >= 4 is 17.1 Å². The summed E-state index contributed by atoms with van der Waals surface area (Å²) in [5.41, 5.74) is 22.7. The van der Waals surface area contributed by atoms with Crippen LogP contribution in [0.1, 0.15) is 240 Å². The van der Waals surface area contributed by atoms with Crippen LogP contribution in [0.4, 0.5) is 17.1 Å². The third kappa shape index (κ3) is 9.61. The third-order valence-electron chi connectivity index (χ3n) is 20.4. The average molecular weight is 969 g/mol. The number of hydrogen-bond donors (Lipinski definition) is 0. The highest BCUT2D eigenvalue weighted by Crippen LogP contribution is 2.56. The maximum atomic E-state index is 2.81. The van der Waals surface area contributed by atoms with Gasteiger partial charge in [-0.15, -0.1) is 0 Å². The monoisotopic (exact) mass is 968 g/mol. The molecule has 0 radical (unpaired) electrons. The average Bonchev–Trinajstić information content (AvgIpc) is 3.75. The van der Waals surface area contributed by atoms with Gasteiger partial charge in [-0.1, -0.05) is 236 Å². The first-order valence-electron chi connectivity index (χ1n) is 30.1. The van der Waals surface area contributed by atoms with E-state index in [0.29, 0.717) is 17.8 Å². The molecule has 0 aromatic heterocycles. The molecule has 73 heavy (non-hydrogen) atoms. The number of rotatable bonds is 10. The van der Waals surface area contributed by atoms with Gasteiger partial charge in [0.1, 0.15) is 0 Å². The highest BCUT2D eigenvalue weighted by atomic mass is 15.1. The molecular weight excluding hydrogens is 879 g/mol. The molecule has 0 heterocycles. The largest absolute Gasteiger partial charge is 0.310 e. The highest BCUT2D eigenvalue weighted by molar-refractivity contribution is 5.96. The fraction of sp³-hybridized carbons (Fsp3) is 0.500. The molecule has 382 valence electrons. The summed E-state index contributed by atoms with van der Waals surface area (Å²) in [5.74, 6) is 3.86. The zero-order valence-electron chi connectivity index (χ0n) is 46.3. The van der Waals surface area contributed by atoms with Gasteiger partial charge in [-0.2, -0.15) is 0 Å². The lowest BCUT2D eigenvalue weighted by Gasteiger charge is -2.35. The number of nitrogens with zero attached hydrogens (tertiary/aromatic N) is 1. The summed E-state index contributed by atoms with van der Waals surface area (Å²) in [7, 11) is 0. The van der Waals surface area contributed by atoms with E-state index in [9.17, 15) is 0 Å². The molecule has 0 saturated heterocycles. The van der Waals surface area contributed by atoms with Gasteiger partial charge in [0.15, 0.2) is 0 Å². The van der Waals surface area contributed by atoms with E-state index >= 15 is 0 Å². The first-order chi connectivity index (χ1) is 35.5. The van der Waals surface area contributed by atoms with Crippen LogP contribution in [-0.2, 0) is 10.8 Å². The Labute approximate surface area is 443 Å². The molecule has 3 atom stereocenters. The van der Waals surface area contributed by atoms with Crippen molar-refractivity contribution in [2.24, 2.45) is 17.8 Å². The van der Waals surface area contributed by atoms with Gasteiger partial charge in [0, 0.05) is 27.8 Å². The fourth-order valence-electron chi connectivity index (χ4n) is 15.7. The molecule has 1 nitrogen and oxygen atoms in total. The molecule has 11 rings (SSSR count). The molecule has 1 heteroatoms. The second-order valence-electron chi connectivity index (χ2n) is 25.4. The van der Waals surface area contributed by atoms with Gasteiger partial charge in [0.2, 0.25) is 0 Å². The SMILES string of the molecule is CC(c1cc(C(C)C2CCCCCCC2)c(-c2ccc(N(c3ccc4c(c3)C(C)(C)c3ccccc3-4)c3cccc4c3-c3ccccc3C4(C)C)cc2)c(C(C)C2CCCCCCC2)c1)C1CCCCCCC1. The van der Waals surface area contributed by atoms with Crippen LogP contribution in [0.3, 0.4) is 0 Å². The highest BCUT2D eigenvalue weighted by Gasteiger charge is 2.40. The molecule has 3 fully saturated rings. The molecular formula is C72H89N. The first-order valence-corrected chi connectivity index (χ1v) is 30.1. The zero-order valence-corrected chi connectivity index (χ0v) is 46.3. The molecule has 3 unspecified atom stereocenters. The molecule has 5 aliphatic carbocycles. The lowest BCUT2D eigenvalue weighted by Crippen LogP contribution is -2.19. The summed E-state index contributed by atoms with van der Waals surface area (Å²) in [6, 6.07) is 48.5. The van der Waals surface area contributed by atoms with Crippen molar-refractivity contribution < 1.29 is 0 Å². The molecule has 5 aliphatic rings. The van der Waals surface area contributed by atoms with Gasteiger partial charge in [-0.05, 0) is 171 Å². The smallest absolute Gasteiger partial charge is 0.0543 e. The fourth-order valence-corrected chi connectivity index (χ4v) is 15.7. The van der Waals surface area contributed by atoms with Crippen LogP contribution in [-0.4, -0.2) is 0 Å². The van der Waals surface area contributed by atoms with Crippen molar-refractivity contribution in [3.05, 3.63) is 160 Å². The Balaban J connectivity index is 1.09. The molecule has 0 amide bonds. The van der Waals surface area contributed by atoms with E-state index < -0.39 is 0 Å². The van der Waals surface area contributed by atoms with Crippen molar-refractivity contribution in [1.29, 1.82) is 0 Å². The van der Waals surface area contributed by atoms with Gasteiger partial charge >= 0.3 is 0 Å². The van der Waals surface area contributed by atoms with Crippen LogP contribution < -0.4 is 4.90 Å². The minimum absolute atomic E-state index is 0.0919. The maximum absolute atomic E-state index is 2.81. The van der Waals surface area contributed by atoms with E-state index in [4.69, 9.17) is 0 Å². The molecule has 0 aliphatic heterocycles.